The molecule has 2 aromatic carbocycles. The summed E-state index contributed by atoms with van der Waals surface area (Å²) in [6.07, 6.45) is 0. The van der Waals surface area contributed by atoms with Gasteiger partial charge in [-0.25, -0.2) is 14.8 Å². The Morgan fingerprint density at radius 1 is 0.850 bits per heavy atom. The van der Waals surface area contributed by atoms with Crippen LogP contribution in [0.4, 0.5) is 0 Å². The number of aromatic carboxylic acids is 2. The van der Waals surface area contributed by atoms with Crippen molar-refractivity contribution < 1.29 is 29.9 Å². The van der Waals surface area contributed by atoms with Crippen molar-refractivity contribution in [3.05, 3.63) is 53.6 Å². The molecule has 0 aliphatic rings. The Bertz CT molecular complexity index is 663. The number of hydrogen-bond acceptors (Lipinski definition) is 4. The zero-order valence-corrected chi connectivity index (χ0v) is 10.1. The summed E-state index contributed by atoms with van der Waals surface area (Å²) in [6, 6.07) is 11.1. The molecular weight excluding hydrogens is 264 g/mol. The fourth-order valence-corrected chi connectivity index (χ4v) is 1.95. The molecule has 0 radical (unpaired) electrons. The molecule has 0 spiro atoms. The number of carboxylic acids is 2. The molecule has 0 fully saturated rings. The maximum absolute atomic E-state index is 11.4. The van der Waals surface area contributed by atoms with Gasteiger partial charge in [0.1, 0.15) is 5.56 Å². The number of rotatable bonds is 4. The van der Waals surface area contributed by atoms with Crippen LogP contribution in [0, 0.1) is 0 Å². The van der Waals surface area contributed by atoms with Crippen molar-refractivity contribution >= 4 is 11.9 Å². The molecule has 6 nitrogen and oxygen atoms in total. The van der Waals surface area contributed by atoms with Gasteiger partial charge in [-0.1, -0.05) is 30.3 Å². The number of benzene rings is 2. The smallest absolute Gasteiger partial charge is 0.340 e. The number of hydrogen-bond donors (Lipinski definition) is 3. The first-order valence-electron chi connectivity index (χ1n) is 5.56. The van der Waals surface area contributed by atoms with E-state index in [-0.39, 0.29) is 5.56 Å². The largest absolute Gasteiger partial charge is 0.478 e. The Kier molecular flexibility index (Phi) is 3.67. The van der Waals surface area contributed by atoms with Gasteiger partial charge in [0, 0.05) is 0 Å². The van der Waals surface area contributed by atoms with Crippen LogP contribution in [0.2, 0.25) is 0 Å². The molecule has 0 saturated heterocycles. The molecule has 0 aromatic heterocycles. The second-order valence-electron chi connectivity index (χ2n) is 3.93. The third kappa shape index (κ3) is 2.32. The van der Waals surface area contributed by atoms with Gasteiger partial charge in [-0.15, -0.1) is 0 Å². The summed E-state index contributed by atoms with van der Waals surface area (Å²) in [6.45, 7) is 0. The summed E-state index contributed by atoms with van der Waals surface area (Å²) in [4.78, 5) is 26.6. The summed E-state index contributed by atoms with van der Waals surface area (Å²) >= 11 is 0. The highest BCUT2D eigenvalue weighted by atomic mass is 17.1. The van der Waals surface area contributed by atoms with Crippen molar-refractivity contribution in [3.8, 4) is 16.9 Å². The molecule has 0 aliphatic carbocycles. The molecular formula is C14H10O6. The van der Waals surface area contributed by atoms with Gasteiger partial charge < -0.3 is 15.1 Å². The molecule has 0 bridgehead atoms. The Hall–Kier alpha value is -2.86. The van der Waals surface area contributed by atoms with Gasteiger partial charge >= 0.3 is 11.9 Å². The van der Waals surface area contributed by atoms with Crippen LogP contribution in [-0.2, 0) is 0 Å². The van der Waals surface area contributed by atoms with E-state index >= 15 is 0 Å². The van der Waals surface area contributed by atoms with Crippen LogP contribution in [0.1, 0.15) is 20.7 Å². The average molecular weight is 274 g/mol. The number of carboxylic acid groups (broad SMARTS) is 2. The SMILES string of the molecule is O=C(O)c1c(OO)ccc(-c2ccccc2)c1C(=O)O. The second kappa shape index (κ2) is 5.41. The van der Waals surface area contributed by atoms with E-state index in [0.29, 0.717) is 5.56 Å². The highest BCUT2D eigenvalue weighted by Crippen LogP contribution is 2.32. The lowest BCUT2D eigenvalue weighted by molar-refractivity contribution is -0.138. The normalized spacial score (nSPS) is 10.1. The minimum Gasteiger partial charge on any atom is -0.478 e. The minimum absolute atomic E-state index is 0.233. The second-order valence-corrected chi connectivity index (χ2v) is 3.93. The van der Waals surface area contributed by atoms with Crippen LogP contribution in [0.5, 0.6) is 5.75 Å². The average Bonchev–Trinajstić information content (AvgIpc) is 2.46. The first kappa shape index (κ1) is 13.6. The van der Waals surface area contributed by atoms with E-state index < -0.39 is 28.8 Å². The van der Waals surface area contributed by atoms with E-state index in [4.69, 9.17) is 10.4 Å². The molecule has 6 heteroatoms. The van der Waals surface area contributed by atoms with Crippen molar-refractivity contribution in [2.24, 2.45) is 0 Å². The zero-order valence-electron chi connectivity index (χ0n) is 10.1. The van der Waals surface area contributed by atoms with E-state index in [0.717, 1.165) is 0 Å². The molecule has 102 valence electrons. The van der Waals surface area contributed by atoms with Crippen LogP contribution in [0.3, 0.4) is 0 Å². The summed E-state index contributed by atoms with van der Waals surface area (Å²) in [5, 5.41) is 27.1. The molecule has 0 unspecified atom stereocenters. The molecule has 2 rings (SSSR count). The highest BCUT2D eigenvalue weighted by molar-refractivity contribution is 6.08. The Labute approximate surface area is 113 Å². The van der Waals surface area contributed by atoms with E-state index in [1.165, 1.54) is 12.1 Å². The first-order valence-corrected chi connectivity index (χ1v) is 5.56. The predicted molar refractivity (Wildman–Crippen MR) is 69.1 cm³/mol. The van der Waals surface area contributed by atoms with Gasteiger partial charge in [0.15, 0.2) is 5.75 Å². The van der Waals surface area contributed by atoms with Gasteiger partial charge in [-0.3, -0.25) is 0 Å². The van der Waals surface area contributed by atoms with Crippen molar-refractivity contribution in [1.29, 1.82) is 0 Å². The lowest BCUT2D eigenvalue weighted by Crippen LogP contribution is -2.12. The molecule has 0 heterocycles. The van der Waals surface area contributed by atoms with Crippen molar-refractivity contribution in [2.45, 2.75) is 0 Å². The Balaban J connectivity index is 2.80. The van der Waals surface area contributed by atoms with Gasteiger partial charge in [-0.05, 0) is 23.3 Å². The molecule has 0 saturated carbocycles. The lowest BCUT2D eigenvalue weighted by Gasteiger charge is -2.11. The maximum atomic E-state index is 11.4. The fraction of sp³-hybridized carbons (Fsp3) is 0. The van der Waals surface area contributed by atoms with E-state index in [1.807, 2.05) is 0 Å². The third-order valence-corrected chi connectivity index (χ3v) is 2.78. The van der Waals surface area contributed by atoms with Crippen LogP contribution >= 0.6 is 0 Å². The van der Waals surface area contributed by atoms with Crippen LogP contribution in [0.25, 0.3) is 11.1 Å². The van der Waals surface area contributed by atoms with E-state index in [9.17, 15) is 14.7 Å². The summed E-state index contributed by atoms with van der Waals surface area (Å²) < 4.78 is 0. The topological polar surface area (TPSA) is 104 Å². The molecule has 2 aromatic rings. The third-order valence-electron chi connectivity index (χ3n) is 2.78. The Morgan fingerprint density at radius 3 is 1.95 bits per heavy atom. The predicted octanol–water partition coefficient (Wildman–Crippen LogP) is 2.60. The molecule has 20 heavy (non-hydrogen) atoms. The summed E-state index contributed by atoms with van der Waals surface area (Å²) in [7, 11) is 0. The van der Waals surface area contributed by atoms with Crippen LogP contribution in [0.15, 0.2) is 42.5 Å². The lowest BCUT2D eigenvalue weighted by atomic mass is 9.94. The van der Waals surface area contributed by atoms with E-state index in [1.54, 1.807) is 30.3 Å². The molecule has 0 atom stereocenters. The first-order chi connectivity index (χ1) is 9.56. The quantitative estimate of drug-likeness (QED) is 0.584. The zero-order chi connectivity index (χ0) is 14.7. The van der Waals surface area contributed by atoms with Gasteiger partial charge in [0.2, 0.25) is 0 Å². The summed E-state index contributed by atoms with van der Waals surface area (Å²) in [5.74, 6) is -3.33. The van der Waals surface area contributed by atoms with Crippen molar-refractivity contribution in [3.63, 3.8) is 0 Å². The van der Waals surface area contributed by atoms with Crippen molar-refractivity contribution in [1.82, 2.24) is 0 Å². The minimum atomic E-state index is -1.50. The summed E-state index contributed by atoms with van der Waals surface area (Å²) in [5.41, 5.74) is -0.246. The monoisotopic (exact) mass is 274 g/mol. The fourth-order valence-electron chi connectivity index (χ4n) is 1.95. The van der Waals surface area contributed by atoms with Gasteiger partial charge in [-0.2, -0.15) is 0 Å². The molecule has 3 N–H and O–H groups in total. The van der Waals surface area contributed by atoms with Crippen LogP contribution < -0.4 is 4.89 Å². The van der Waals surface area contributed by atoms with Crippen LogP contribution in [-0.4, -0.2) is 27.4 Å². The van der Waals surface area contributed by atoms with Gasteiger partial charge in [0.05, 0.1) is 5.56 Å². The standard InChI is InChI=1S/C14H10O6/c15-13(16)11-9(8-4-2-1-3-5-8)6-7-10(20-19)12(11)14(17)18/h1-7,19H,(H,15,16)(H,17,18). The Morgan fingerprint density at radius 2 is 1.45 bits per heavy atom. The molecule has 0 amide bonds. The molecule has 0 aliphatic heterocycles. The van der Waals surface area contributed by atoms with Gasteiger partial charge in [0.25, 0.3) is 0 Å². The maximum Gasteiger partial charge on any atom is 0.340 e. The number of carbonyl (C=O) groups is 2. The highest BCUT2D eigenvalue weighted by Gasteiger charge is 2.26. The van der Waals surface area contributed by atoms with Crippen molar-refractivity contribution in [2.75, 3.05) is 0 Å². The van der Waals surface area contributed by atoms with E-state index in [2.05, 4.69) is 4.89 Å².